The molecule has 0 unspecified atom stereocenters. The van der Waals surface area contributed by atoms with Gasteiger partial charge in [-0.25, -0.2) is 0 Å². The van der Waals surface area contributed by atoms with Gasteiger partial charge >= 0.3 is 0 Å². The first-order chi connectivity index (χ1) is 9.90. The summed E-state index contributed by atoms with van der Waals surface area (Å²) in [5, 5.41) is 2.98. The van der Waals surface area contributed by atoms with E-state index in [1.165, 1.54) is 0 Å². The Bertz CT molecular complexity index is 524. The van der Waals surface area contributed by atoms with Gasteiger partial charge in [0, 0.05) is 36.4 Å². The third-order valence-corrected chi connectivity index (χ3v) is 3.99. The summed E-state index contributed by atoms with van der Waals surface area (Å²) in [6, 6.07) is 5.40. The van der Waals surface area contributed by atoms with Crippen molar-refractivity contribution >= 4 is 36.4 Å². The van der Waals surface area contributed by atoms with Crippen LogP contribution in [0.15, 0.2) is 18.2 Å². The molecule has 1 aliphatic rings. The number of hydrogen-bond donors (Lipinski definition) is 2. The highest BCUT2D eigenvalue weighted by molar-refractivity contribution is 5.96. The van der Waals surface area contributed by atoms with E-state index in [2.05, 4.69) is 24.1 Å². The van der Waals surface area contributed by atoms with Crippen LogP contribution in [0.5, 0.6) is 0 Å². The van der Waals surface area contributed by atoms with Crippen LogP contribution in [0.25, 0.3) is 0 Å². The van der Waals surface area contributed by atoms with Gasteiger partial charge in [-0.3, -0.25) is 9.69 Å². The maximum Gasteiger partial charge on any atom is 0.251 e. The summed E-state index contributed by atoms with van der Waals surface area (Å²) in [5.41, 5.74) is 7.97. The number of nitrogens with two attached hydrogens (primary N) is 1. The van der Waals surface area contributed by atoms with E-state index in [1.54, 1.807) is 6.07 Å². The SMILES string of the molecule is Cc1ccc(N)cc1C(=O)NCCN1CCOCC1(C)C.Cl.Cl. The molecular formula is C16H27Cl2N3O2. The minimum absolute atomic E-state index is 0. The van der Waals surface area contributed by atoms with Gasteiger partial charge in [0.2, 0.25) is 0 Å². The molecule has 1 saturated heterocycles. The van der Waals surface area contributed by atoms with Crippen molar-refractivity contribution in [3.63, 3.8) is 0 Å². The van der Waals surface area contributed by atoms with E-state index in [0.29, 0.717) is 17.8 Å². The van der Waals surface area contributed by atoms with E-state index in [1.807, 2.05) is 19.1 Å². The largest absolute Gasteiger partial charge is 0.399 e. The lowest BCUT2D eigenvalue weighted by Crippen LogP contribution is -2.54. The molecule has 5 nitrogen and oxygen atoms in total. The zero-order valence-corrected chi connectivity index (χ0v) is 15.6. The van der Waals surface area contributed by atoms with Crippen molar-refractivity contribution in [2.75, 3.05) is 38.6 Å². The van der Waals surface area contributed by atoms with Crippen molar-refractivity contribution in [3.8, 4) is 0 Å². The maximum absolute atomic E-state index is 12.2. The van der Waals surface area contributed by atoms with Crippen LogP contribution in [-0.4, -0.2) is 49.2 Å². The minimum Gasteiger partial charge on any atom is -0.399 e. The van der Waals surface area contributed by atoms with Crippen molar-refractivity contribution in [3.05, 3.63) is 29.3 Å². The number of benzene rings is 1. The quantitative estimate of drug-likeness (QED) is 0.805. The average Bonchev–Trinajstić information content (AvgIpc) is 2.43. The van der Waals surface area contributed by atoms with Crippen molar-refractivity contribution in [1.29, 1.82) is 0 Å². The zero-order valence-electron chi connectivity index (χ0n) is 13.9. The highest BCUT2D eigenvalue weighted by atomic mass is 35.5. The van der Waals surface area contributed by atoms with Gasteiger partial charge in [-0.2, -0.15) is 0 Å². The fourth-order valence-corrected chi connectivity index (χ4v) is 2.59. The van der Waals surface area contributed by atoms with Crippen LogP contribution in [0.1, 0.15) is 29.8 Å². The van der Waals surface area contributed by atoms with Gasteiger partial charge in [-0.1, -0.05) is 6.07 Å². The Labute approximate surface area is 150 Å². The lowest BCUT2D eigenvalue weighted by atomic mass is 10.0. The molecule has 1 aliphatic heterocycles. The Kier molecular flexibility index (Phi) is 8.92. The summed E-state index contributed by atoms with van der Waals surface area (Å²) in [5.74, 6) is -0.0640. The molecule has 7 heteroatoms. The van der Waals surface area contributed by atoms with Gasteiger partial charge in [0.15, 0.2) is 0 Å². The van der Waals surface area contributed by atoms with Crippen LogP contribution in [-0.2, 0) is 4.74 Å². The second-order valence-electron chi connectivity index (χ2n) is 6.18. The summed E-state index contributed by atoms with van der Waals surface area (Å²) in [6.45, 7) is 10.1. The van der Waals surface area contributed by atoms with Gasteiger partial charge in [0.05, 0.1) is 13.2 Å². The number of nitrogens with zero attached hydrogens (tertiary/aromatic N) is 1. The van der Waals surface area contributed by atoms with Crippen LogP contribution < -0.4 is 11.1 Å². The summed E-state index contributed by atoms with van der Waals surface area (Å²) in [7, 11) is 0. The molecular weight excluding hydrogens is 337 g/mol. The summed E-state index contributed by atoms with van der Waals surface area (Å²) in [6.07, 6.45) is 0. The molecule has 0 saturated carbocycles. The molecule has 0 aromatic heterocycles. The fraction of sp³-hybridized carbons (Fsp3) is 0.562. The third kappa shape index (κ3) is 5.84. The number of rotatable bonds is 4. The van der Waals surface area contributed by atoms with E-state index in [4.69, 9.17) is 10.5 Å². The topological polar surface area (TPSA) is 67.6 Å². The number of halogens is 2. The summed E-state index contributed by atoms with van der Waals surface area (Å²) < 4.78 is 5.50. The molecule has 3 N–H and O–H groups in total. The number of ether oxygens (including phenoxy) is 1. The Hall–Kier alpha value is -1.01. The lowest BCUT2D eigenvalue weighted by Gasteiger charge is -2.42. The predicted molar refractivity (Wildman–Crippen MR) is 98.9 cm³/mol. The van der Waals surface area contributed by atoms with E-state index >= 15 is 0 Å². The molecule has 2 rings (SSSR count). The smallest absolute Gasteiger partial charge is 0.251 e. The van der Waals surface area contributed by atoms with Crippen LogP contribution in [0, 0.1) is 6.92 Å². The number of amides is 1. The number of hydrogen-bond acceptors (Lipinski definition) is 4. The maximum atomic E-state index is 12.2. The van der Waals surface area contributed by atoms with Gasteiger partial charge in [0.25, 0.3) is 5.91 Å². The standard InChI is InChI=1S/C16H25N3O2.2ClH/c1-12-4-5-13(17)10-14(12)15(20)18-6-7-19-8-9-21-11-16(19,2)3;;/h4-5,10H,6-9,11,17H2,1-3H3,(H,18,20);2*1H. The number of nitrogens with one attached hydrogen (secondary N) is 1. The molecule has 1 aromatic carbocycles. The second-order valence-corrected chi connectivity index (χ2v) is 6.18. The van der Waals surface area contributed by atoms with Crippen LogP contribution in [0.4, 0.5) is 5.69 Å². The molecule has 1 heterocycles. The number of carbonyl (C=O) groups excluding carboxylic acids is 1. The van der Waals surface area contributed by atoms with E-state index in [9.17, 15) is 4.79 Å². The first kappa shape index (κ1) is 22.0. The number of morpholine rings is 1. The Balaban J connectivity index is 0.00000242. The monoisotopic (exact) mass is 363 g/mol. The predicted octanol–water partition coefficient (Wildman–Crippen LogP) is 2.26. The fourth-order valence-electron chi connectivity index (χ4n) is 2.59. The van der Waals surface area contributed by atoms with E-state index in [0.717, 1.165) is 31.9 Å². The highest BCUT2D eigenvalue weighted by Crippen LogP contribution is 2.18. The van der Waals surface area contributed by atoms with Gasteiger partial charge in [-0.05, 0) is 38.5 Å². The number of aryl methyl sites for hydroxylation is 1. The highest BCUT2D eigenvalue weighted by Gasteiger charge is 2.29. The number of anilines is 1. The van der Waals surface area contributed by atoms with E-state index < -0.39 is 0 Å². The Morgan fingerprint density at radius 1 is 1.39 bits per heavy atom. The van der Waals surface area contributed by atoms with Gasteiger partial charge < -0.3 is 15.8 Å². The molecule has 23 heavy (non-hydrogen) atoms. The lowest BCUT2D eigenvalue weighted by molar-refractivity contribution is -0.0498. The molecule has 0 spiro atoms. The van der Waals surface area contributed by atoms with E-state index in [-0.39, 0.29) is 36.3 Å². The van der Waals surface area contributed by atoms with Crippen molar-refractivity contribution < 1.29 is 9.53 Å². The van der Waals surface area contributed by atoms with Crippen LogP contribution in [0.2, 0.25) is 0 Å². The molecule has 132 valence electrons. The molecule has 0 aliphatic carbocycles. The molecule has 1 amide bonds. The molecule has 1 fully saturated rings. The first-order valence-corrected chi connectivity index (χ1v) is 7.37. The Morgan fingerprint density at radius 3 is 2.74 bits per heavy atom. The minimum atomic E-state index is -0.0640. The van der Waals surface area contributed by atoms with Crippen molar-refractivity contribution in [1.82, 2.24) is 10.2 Å². The third-order valence-electron chi connectivity index (χ3n) is 3.99. The van der Waals surface area contributed by atoms with Crippen LogP contribution in [0.3, 0.4) is 0 Å². The summed E-state index contributed by atoms with van der Waals surface area (Å²) in [4.78, 5) is 14.6. The average molecular weight is 364 g/mol. The van der Waals surface area contributed by atoms with Crippen molar-refractivity contribution in [2.45, 2.75) is 26.3 Å². The second kappa shape index (κ2) is 9.33. The van der Waals surface area contributed by atoms with Crippen molar-refractivity contribution in [2.24, 2.45) is 0 Å². The van der Waals surface area contributed by atoms with Gasteiger partial charge in [0.1, 0.15) is 0 Å². The van der Waals surface area contributed by atoms with Crippen LogP contribution >= 0.6 is 24.8 Å². The normalized spacial score (nSPS) is 16.8. The molecule has 0 bridgehead atoms. The number of nitrogen functional groups attached to an aromatic ring is 1. The molecule has 1 aromatic rings. The zero-order chi connectivity index (χ0) is 15.5. The molecule has 0 radical (unpaired) electrons. The number of carbonyl (C=O) groups is 1. The Morgan fingerprint density at radius 2 is 2.09 bits per heavy atom. The first-order valence-electron chi connectivity index (χ1n) is 7.37. The summed E-state index contributed by atoms with van der Waals surface area (Å²) >= 11 is 0. The molecule has 0 atom stereocenters. The van der Waals surface area contributed by atoms with Gasteiger partial charge in [-0.15, -0.1) is 24.8 Å².